The van der Waals surface area contributed by atoms with Crippen molar-refractivity contribution >= 4 is 28.2 Å². The van der Waals surface area contributed by atoms with Gasteiger partial charge in [-0.25, -0.2) is 4.99 Å². The second kappa shape index (κ2) is 13.0. The van der Waals surface area contributed by atoms with Crippen LogP contribution in [0, 0.1) is 0 Å². The molecule has 0 radical (unpaired) electrons. The van der Waals surface area contributed by atoms with Crippen molar-refractivity contribution in [1.29, 1.82) is 0 Å². The van der Waals surface area contributed by atoms with E-state index in [4.69, 9.17) is 4.99 Å². The molecule has 2 aromatic heterocycles. The van der Waals surface area contributed by atoms with Crippen LogP contribution in [-0.4, -0.2) is 44.7 Å². The molecule has 0 saturated carbocycles. The van der Waals surface area contributed by atoms with E-state index in [0.717, 1.165) is 48.4 Å². The summed E-state index contributed by atoms with van der Waals surface area (Å²) >= 11 is 0. The highest BCUT2D eigenvalue weighted by Gasteiger charge is 2.21. The fourth-order valence-corrected chi connectivity index (χ4v) is 5.90. The first kappa shape index (κ1) is 28.4. The van der Waals surface area contributed by atoms with Gasteiger partial charge >= 0.3 is 0 Å². The summed E-state index contributed by atoms with van der Waals surface area (Å²) in [4.78, 5) is 28.5. The summed E-state index contributed by atoms with van der Waals surface area (Å²) in [6.07, 6.45) is 8.02. The highest BCUT2D eigenvalue weighted by molar-refractivity contribution is 6.22. The summed E-state index contributed by atoms with van der Waals surface area (Å²) in [5, 5.41) is 15.1. The van der Waals surface area contributed by atoms with Gasteiger partial charge in [-0.05, 0) is 85.9 Å². The maximum absolute atomic E-state index is 13.5. The van der Waals surface area contributed by atoms with Crippen LogP contribution < -0.4 is 5.32 Å². The molecule has 0 unspecified atom stereocenters. The van der Waals surface area contributed by atoms with Crippen LogP contribution in [0.2, 0.25) is 0 Å². The molecule has 3 heterocycles. The van der Waals surface area contributed by atoms with Gasteiger partial charge in [-0.2, -0.15) is 0 Å². The number of aliphatic imine (C=N–C) groups is 1. The second-order valence-corrected chi connectivity index (χ2v) is 11.2. The fraction of sp³-hybridized carbons (Fsp3) is 0.250. The second-order valence-electron chi connectivity index (χ2n) is 11.2. The fourth-order valence-electron chi connectivity index (χ4n) is 5.90. The van der Waals surface area contributed by atoms with E-state index in [9.17, 15) is 9.90 Å². The number of nitrogens with zero attached hydrogens (tertiary/aromatic N) is 3. The summed E-state index contributed by atoms with van der Waals surface area (Å²) in [7, 11) is 0. The molecule has 1 atom stereocenters. The average molecular weight is 572 g/mol. The first-order valence-corrected chi connectivity index (χ1v) is 15.1. The number of nitrogens with one attached hydrogen (secondary N) is 2. The van der Waals surface area contributed by atoms with Gasteiger partial charge in [0.25, 0.3) is 5.91 Å². The van der Waals surface area contributed by atoms with Crippen molar-refractivity contribution in [2.75, 3.05) is 13.1 Å². The molecule has 43 heavy (non-hydrogen) atoms. The zero-order valence-electron chi connectivity index (χ0n) is 24.5. The number of piperidine rings is 1. The Labute approximate surface area is 252 Å². The summed E-state index contributed by atoms with van der Waals surface area (Å²) in [6.45, 7) is 5.20. The number of fused-ring (bicyclic) bond motifs is 1. The van der Waals surface area contributed by atoms with Gasteiger partial charge in [0, 0.05) is 41.0 Å². The lowest BCUT2D eigenvalue weighted by atomic mass is 10.00. The van der Waals surface area contributed by atoms with Crippen LogP contribution in [0.3, 0.4) is 0 Å². The number of amides is 1. The summed E-state index contributed by atoms with van der Waals surface area (Å²) in [5.41, 5.74) is 6.18. The number of aromatic hydroxyl groups is 1. The molecule has 6 rings (SSSR count). The first-order chi connectivity index (χ1) is 21.1. The van der Waals surface area contributed by atoms with E-state index in [2.05, 4.69) is 39.2 Å². The Hall–Kier alpha value is -4.75. The molecule has 1 aliphatic heterocycles. The molecular formula is C36H37N5O2. The number of hydrogen-bond donors (Lipinski definition) is 3. The topological polar surface area (TPSA) is 93.6 Å². The van der Waals surface area contributed by atoms with Gasteiger partial charge in [0.05, 0.1) is 23.0 Å². The van der Waals surface area contributed by atoms with Gasteiger partial charge in [0.15, 0.2) is 5.88 Å². The van der Waals surface area contributed by atoms with Crippen molar-refractivity contribution in [2.24, 2.45) is 4.99 Å². The van der Waals surface area contributed by atoms with Crippen molar-refractivity contribution in [2.45, 2.75) is 45.2 Å². The molecule has 7 heteroatoms. The van der Waals surface area contributed by atoms with E-state index >= 15 is 0 Å². The maximum atomic E-state index is 13.5. The quantitative estimate of drug-likeness (QED) is 0.162. The van der Waals surface area contributed by atoms with Crippen LogP contribution in [0.25, 0.3) is 10.9 Å². The molecule has 7 nitrogen and oxygen atoms in total. The lowest BCUT2D eigenvalue weighted by Crippen LogP contribution is -2.28. The summed E-state index contributed by atoms with van der Waals surface area (Å²) < 4.78 is 0. The standard InChI is InChI=1S/C36H37N5O2/c1-2-31(26-12-5-3-6-13-26)39-35(42)27-16-17-32-30(22-27)33(36(43)40-32)34(28-14-10-18-37-23-28)38-29-15-9-11-25(21-29)24-41-19-7-4-8-20-41/h3,5-6,9-18,21-23,31,40,43H,2,4,7-8,19-20,24H2,1H3,(H,39,42)/t31-/m0/s1. The molecular weight excluding hydrogens is 534 g/mol. The number of carbonyl (C=O) groups excluding carboxylic acids is 1. The largest absolute Gasteiger partial charge is 0.494 e. The van der Waals surface area contributed by atoms with Gasteiger partial charge < -0.3 is 15.4 Å². The van der Waals surface area contributed by atoms with E-state index in [-0.39, 0.29) is 17.8 Å². The van der Waals surface area contributed by atoms with Gasteiger partial charge in [0.1, 0.15) is 0 Å². The Morgan fingerprint density at radius 2 is 1.81 bits per heavy atom. The van der Waals surface area contributed by atoms with Crippen LogP contribution >= 0.6 is 0 Å². The van der Waals surface area contributed by atoms with Crippen LogP contribution in [-0.2, 0) is 6.54 Å². The normalized spacial score (nSPS) is 15.0. The van der Waals surface area contributed by atoms with E-state index in [0.29, 0.717) is 22.2 Å². The molecule has 1 fully saturated rings. The number of rotatable bonds is 9. The van der Waals surface area contributed by atoms with Crippen molar-refractivity contribution in [3.05, 3.63) is 125 Å². The van der Waals surface area contributed by atoms with Crippen LogP contribution in [0.4, 0.5) is 5.69 Å². The number of aromatic nitrogens is 2. The lowest BCUT2D eigenvalue weighted by Gasteiger charge is -2.26. The minimum Gasteiger partial charge on any atom is -0.494 e. The predicted octanol–water partition coefficient (Wildman–Crippen LogP) is 7.30. The molecule has 0 spiro atoms. The van der Waals surface area contributed by atoms with E-state index in [1.807, 2.05) is 66.7 Å². The van der Waals surface area contributed by atoms with E-state index in [1.54, 1.807) is 18.5 Å². The van der Waals surface area contributed by atoms with Crippen molar-refractivity contribution < 1.29 is 9.90 Å². The number of aromatic amines is 1. The van der Waals surface area contributed by atoms with Gasteiger partial charge in [0.2, 0.25) is 0 Å². The molecule has 1 amide bonds. The molecule has 0 aliphatic carbocycles. The number of hydrogen-bond acceptors (Lipinski definition) is 5. The predicted molar refractivity (Wildman–Crippen MR) is 172 cm³/mol. The van der Waals surface area contributed by atoms with Crippen LogP contribution in [0.1, 0.15) is 71.3 Å². The van der Waals surface area contributed by atoms with Crippen molar-refractivity contribution in [3.8, 4) is 5.88 Å². The lowest BCUT2D eigenvalue weighted by molar-refractivity contribution is 0.0935. The highest BCUT2D eigenvalue weighted by atomic mass is 16.3. The van der Waals surface area contributed by atoms with E-state index < -0.39 is 0 Å². The minimum atomic E-state index is -0.172. The van der Waals surface area contributed by atoms with Crippen LogP contribution in [0.5, 0.6) is 5.88 Å². The Morgan fingerprint density at radius 1 is 0.977 bits per heavy atom. The number of benzene rings is 3. The maximum Gasteiger partial charge on any atom is 0.251 e. The molecule has 218 valence electrons. The summed E-state index contributed by atoms with van der Waals surface area (Å²) in [5.74, 6) is -0.176. The Kier molecular flexibility index (Phi) is 8.61. The number of likely N-dealkylation sites (tertiary alicyclic amines) is 1. The minimum absolute atomic E-state index is 0.00430. The smallest absolute Gasteiger partial charge is 0.251 e. The molecule has 3 N–H and O–H groups in total. The number of carbonyl (C=O) groups is 1. The van der Waals surface area contributed by atoms with E-state index in [1.165, 1.54) is 24.8 Å². The monoisotopic (exact) mass is 571 g/mol. The molecule has 0 bridgehead atoms. The molecule has 1 aliphatic rings. The Morgan fingerprint density at radius 3 is 2.58 bits per heavy atom. The Balaban J connectivity index is 1.37. The number of pyridine rings is 1. The van der Waals surface area contributed by atoms with Crippen LogP contribution in [0.15, 0.2) is 102 Å². The molecule has 1 saturated heterocycles. The zero-order chi connectivity index (χ0) is 29.6. The van der Waals surface area contributed by atoms with Crippen molar-refractivity contribution in [3.63, 3.8) is 0 Å². The van der Waals surface area contributed by atoms with Gasteiger partial charge in [-0.15, -0.1) is 0 Å². The highest BCUT2D eigenvalue weighted by Crippen LogP contribution is 2.32. The zero-order valence-corrected chi connectivity index (χ0v) is 24.5. The third kappa shape index (κ3) is 6.52. The average Bonchev–Trinajstić information content (AvgIpc) is 3.38. The van der Waals surface area contributed by atoms with Gasteiger partial charge in [-0.1, -0.05) is 55.8 Å². The first-order valence-electron chi connectivity index (χ1n) is 15.1. The third-order valence-electron chi connectivity index (χ3n) is 8.13. The SMILES string of the molecule is CC[C@H](NC(=O)c1ccc2[nH]c(O)c(C(=Nc3cccc(CN4CCCCC4)c3)c3cccnc3)c2c1)c1ccccc1. The Bertz CT molecular complexity index is 1720. The molecule has 5 aromatic rings. The molecule has 3 aromatic carbocycles. The van der Waals surface area contributed by atoms with Crippen molar-refractivity contribution in [1.82, 2.24) is 20.2 Å². The third-order valence-corrected chi connectivity index (χ3v) is 8.13. The van der Waals surface area contributed by atoms with Gasteiger partial charge in [-0.3, -0.25) is 14.7 Å². The summed E-state index contributed by atoms with van der Waals surface area (Å²) in [6, 6.07) is 27.4. The number of H-pyrrole nitrogens is 1.